The Morgan fingerprint density at radius 2 is 2.11 bits per heavy atom. The number of nitrogens with zero attached hydrogens (tertiary/aromatic N) is 3. The Kier molecular flexibility index (Phi) is 5.82. The van der Waals surface area contributed by atoms with Gasteiger partial charge in [-0.3, -0.25) is 9.89 Å². The maximum absolute atomic E-state index is 11.9. The normalized spacial score (nSPS) is 18.1. The minimum absolute atomic E-state index is 0.101. The molecule has 0 unspecified atom stereocenters. The quantitative estimate of drug-likeness (QED) is 0.394. The zero-order chi connectivity index (χ0) is 24.7. The van der Waals surface area contributed by atoms with Crippen LogP contribution in [0.25, 0.3) is 27.7 Å². The molecule has 2 aromatic heterocycles. The first kappa shape index (κ1) is 23.1. The van der Waals surface area contributed by atoms with Gasteiger partial charge >= 0.3 is 0 Å². The summed E-state index contributed by atoms with van der Waals surface area (Å²) in [5, 5.41) is 19.2. The van der Waals surface area contributed by atoms with Crippen molar-refractivity contribution < 1.29 is 24.1 Å². The molecule has 35 heavy (non-hydrogen) atoms. The Morgan fingerprint density at radius 3 is 2.77 bits per heavy atom. The summed E-state index contributed by atoms with van der Waals surface area (Å²) in [6.45, 7) is 4.46. The Balaban J connectivity index is 1.79. The van der Waals surface area contributed by atoms with Gasteiger partial charge in [0.05, 0.1) is 35.3 Å². The zero-order valence-electron chi connectivity index (χ0n) is 20.2. The molecule has 182 valence electrons. The van der Waals surface area contributed by atoms with Crippen molar-refractivity contribution in [3.05, 3.63) is 53.0 Å². The predicted octanol–water partition coefficient (Wildman–Crippen LogP) is 3.44. The van der Waals surface area contributed by atoms with Gasteiger partial charge in [0.25, 0.3) is 0 Å². The molecule has 2 N–H and O–H groups in total. The lowest BCUT2D eigenvalue weighted by Crippen LogP contribution is -2.28. The molecule has 5 rings (SSSR count). The number of benzene rings is 1. The maximum atomic E-state index is 11.9. The number of methoxy groups -OCH3 is 1. The van der Waals surface area contributed by atoms with Crippen molar-refractivity contribution in [3.8, 4) is 22.6 Å². The number of carbonyl (C=O) groups excluding carboxylic acids is 1. The molecule has 0 saturated carbocycles. The van der Waals surface area contributed by atoms with Crippen molar-refractivity contribution >= 4 is 22.9 Å². The Morgan fingerprint density at radius 1 is 1.34 bits per heavy atom. The molecule has 2 aliphatic heterocycles. The average Bonchev–Trinajstić information content (AvgIpc) is 3.59. The second-order valence-electron chi connectivity index (χ2n) is 9.03. The van der Waals surface area contributed by atoms with E-state index < -0.39 is 5.60 Å². The first-order chi connectivity index (χ1) is 16.9. The topological polar surface area (TPSA) is 110 Å². The third kappa shape index (κ3) is 3.86. The van der Waals surface area contributed by atoms with Crippen LogP contribution in [0.2, 0.25) is 0 Å². The number of nitrogens with one attached hydrogen (secondary N) is 1. The van der Waals surface area contributed by atoms with E-state index in [1.54, 1.807) is 13.1 Å². The van der Waals surface area contributed by atoms with E-state index in [0.717, 1.165) is 45.3 Å². The highest BCUT2D eigenvalue weighted by Crippen LogP contribution is 2.45. The van der Waals surface area contributed by atoms with Crippen LogP contribution in [-0.4, -0.2) is 64.6 Å². The van der Waals surface area contributed by atoms with Crippen molar-refractivity contribution in [2.45, 2.75) is 32.4 Å². The van der Waals surface area contributed by atoms with Gasteiger partial charge in [-0.15, -0.1) is 0 Å². The van der Waals surface area contributed by atoms with Crippen LogP contribution in [0.3, 0.4) is 0 Å². The fraction of sp³-hybridized carbons (Fsp3) is 0.346. The van der Waals surface area contributed by atoms with Crippen molar-refractivity contribution in [1.29, 1.82) is 0 Å². The van der Waals surface area contributed by atoms with Gasteiger partial charge in [0.1, 0.15) is 6.29 Å². The van der Waals surface area contributed by atoms with Gasteiger partial charge in [-0.2, -0.15) is 5.10 Å². The summed E-state index contributed by atoms with van der Waals surface area (Å²) in [6.07, 6.45) is 6.69. The largest absolute Gasteiger partial charge is 0.454 e. The molecule has 0 fully saturated rings. The van der Waals surface area contributed by atoms with E-state index >= 15 is 0 Å². The molecule has 9 nitrogen and oxygen atoms in total. The highest BCUT2D eigenvalue weighted by molar-refractivity contribution is 6.00. The number of hydrogen-bond acceptors (Lipinski definition) is 8. The van der Waals surface area contributed by atoms with Crippen LogP contribution in [0.4, 0.5) is 0 Å². The Labute approximate surface area is 203 Å². The molecule has 1 atom stereocenters. The first-order valence-electron chi connectivity index (χ1n) is 11.5. The Hall–Kier alpha value is -3.69. The number of ether oxygens (including phenoxy) is 3. The minimum Gasteiger partial charge on any atom is -0.454 e. The van der Waals surface area contributed by atoms with E-state index in [-0.39, 0.29) is 13.4 Å². The van der Waals surface area contributed by atoms with Crippen LogP contribution in [0.15, 0.2) is 41.7 Å². The average molecular weight is 477 g/mol. The van der Waals surface area contributed by atoms with Crippen molar-refractivity contribution in [2.24, 2.45) is 0 Å². The van der Waals surface area contributed by atoms with Gasteiger partial charge in [0.15, 0.2) is 11.5 Å². The molecule has 9 heteroatoms. The molecule has 0 aliphatic carbocycles. The summed E-state index contributed by atoms with van der Waals surface area (Å²) in [4.78, 5) is 19.0. The van der Waals surface area contributed by atoms with Crippen LogP contribution >= 0.6 is 0 Å². The summed E-state index contributed by atoms with van der Waals surface area (Å²) < 4.78 is 16.5. The standard InChI is InChI=1S/C26H28N4O5/c1-5-26(2,32)19(16(12-31)13-33-4)7-21-25-18(11-30(21)3)24(15-9-27-28-10-15)17-6-22-23(35-14-34-22)8-20(17)29-25/h6-10,12,32H,5,11,13-14H2,1-4H3,(H,27,28)/b19-16-,21-7-/t26-/m0/s1. The highest BCUT2D eigenvalue weighted by atomic mass is 16.7. The van der Waals surface area contributed by atoms with Crippen LogP contribution in [0.5, 0.6) is 11.5 Å². The summed E-state index contributed by atoms with van der Waals surface area (Å²) in [7, 11) is 3.50. The molecular weight excluding hydrogens is 448 g/mol. The molecule has 3 aromatic rings. The smallest absolute Gasteiger partial charge is 0.231 e. The number of aldehydes is 1. The van der Waals surface area contributed by atoms with Gasteiger partial charge < -0.3 is 24.2 Å². The number of pyridine rings is 1. The van der Waals surface area contributed by atoms with Crippen LogP contribution in [-0.2, 0) is 16.1 Å². The lowest BCUT2D eigenvalue weighted by atomic mass is 9.88. The van der Waals surface area contributed by atoms with Gasteiger partial charge in [-0.05, 0) is 31.1 Å². The number of carbonyl (C=O) groups is 1. The van der Waals surface area contributed by atoms with E-state index in [9.17, 15) is 9.90 Å². The lowest BCUT2D eigenvalue weighted by Gasteiger charge is -2.26. The van der Waals surface area contributed by atoms with Crippen LogP contribution in [0.1, 0.15) is 31.5 Å². The van der Waals surface area contributed by atoms with Crippen molar-refractivity contribution in [2.75, 3.05) is 27.6 Å². The zero-order valence-corrected chi connectivity index (χ0v) is 20.2. The number of H-pyrrole nitrogens is 1. The van der Waals surface area contributed by atoms with E-state index in [1.807, 2.05) is 38.4 Å². The maximum Gasteiger partial charge on any atom is 0.231 e. The van der Waals surface area contributed by atoms with Crippen molar-refractivity contribution in [1.82, 2.24) is 20.1 Å². The summed E-state index contributed by atoms with van der Waals surface area (Å²) >= 11 is 0. The summed E-state index contributed by atoms with van der Waals surface area (Å²) in [5.74, 6) is 1.34. The molecule has 0 spiro atoms. The molecule has 0 bridgehead atoms. The summed E-state index contributed by atoms with van der Waals surface area (Å²) in [6, 6.07) is 3.85. The SMILES string of the molecule is CC[C@](C)(O)C(/C=C1/c2nc3cc4c(cc3c(-c3cn[nH]c3)c2CN1C)OCO4)=C(/C=O)COC. The molecule has 0 amide bonds. The number of aliphatic hydroxyl groups is 1. The molecule has 0 radical (unpaired) electrons. The monoisotopic (exact) mass is 476 g/mol. The number of aromatic amines is 1. The molecule has 1 aromatic carbocycles. The van der Waals surface area contributed by atoms with E-state index in [4.69, 9.17) is 19.2 Å². The predicted molar refractivity (Wildman–Crippen MR) is 131 cm³/mol. The fourth-order valence-electron chi connectivity index (χ4n) is 4.71. The number of hydrogen-bond donors (Lipinski definition) is 2. The molecule has 4 heterocycles. The van der Waals surface area contributed by atoms with Gasteiger partial charge in [-0.25, -0.2) is 4.98 Å². The van der Waals surface area contributed by atoms with Crippen LogP contribution < -0.4 is 9.47 Å². The van der Waals surface area contributed by atoms with E-state index in [2.05, 4.69) is 15.1 Å². The van der Waals surface area contributed by atoms with Crippen LogP contribution in [0, 0.1) is 0 Å². The Bertz CT molecular complexity index is 1360. The van der Waals surface area contributed by atoms with Gasteiger partial charge in [0, 0.05) is 60.6 Å². The number of aromatic nitrogens is 3. The highest BCUT2D eigenvalue weighted by Gasteiger charge is 2.32. The first-order valence-corrected chi connectivity index (χ1v) is 11.5. The van der Waals surface area contributed by atoms with E-state index in [0.29, 0.717) is 35.6 Å². The molecule has 2 aliphatic rings. The molecule has 0 saturated heterocycles. The minimum atomic E-state index is -1.22. The summed E-state index contributed by atoms with van der Waals surface area (Å²) in [5.41, 5.74) is 5.01. The number of fused-ring (bicyclic) bond motifs is 3. The second-order valence-corrected chi connectivity index (χ2v) is 9.03. The lowest BCUT2D eigenvalue weighted by molar-refractivity contribution is -0.105. The van der Waals surface area contributed by atoms with Gasteiger partial charge in [-0.1, -0.05) is 6.92 Å². The third-order valence-corrected chi connectivity index (χ3v) is 6.75. The number of rotatable bonds is 7. The van der Waals surface area contributed by atoms with Gasteiger partial charge in [0.2, 0.25) is 6.79 Å². The van der Waals surface area contributed by atoms with E-state index in [1.165, 1.54) is 7.11 Å². The third-order valence-electron chi connectivity index (χ3n) is 6.75. The fourth-order valence-corrected chi connectivity index (χ4v) is 4.71. The van der Waals surface area contributed by atoms with Crippen molar-refractivity contribution in [3.63, 3.8) is 0 Å². The second kappa shape index (κ2) is 8.83. The molecular formula is C26H28N4O5.